The van der Waals surface area contributed by atoms with Gasteiger partial charge in [0, 0.05) is 0 Å². The standard InChI is InChI=1S/C12H22O11/c13-1-3-5(15)6(16)9(19)12(22-3)23-10-4(2-14)21-11(20)8(18)7(10)17/h3-20H,1-2H2/t3?,4?,5-,6?,7-,8?,9+,10-,11-,12-/m1/s1. The molecule has 2 fully saturated rings. The van der Waals surface area contributed by atoms with Crippen LogP contribution in [0.2, 0.25) is 0 Å². The zero-order chi connectivity index (χ0) is 17.3. The highest BCUT2D eigenvalue weighted by Gasteiger charge is 2.50. The van der Waals surface area contributed by atoms with E-state index in [9.17, 15) is 35.7 Å². The molecule has 0 aromatic heterocycles. The van der Waals surface area contributed by atoms with Crippen LogP contribution in [0.1, 0.15) is 0 Å². The minimum absolute atomic E-state index is 0.667. The largest absolute Gasteiger partial charge is 0.394 e. The predicted molar refractivity (Wildman–Crippen MR) is 68.6 cm³/mol. The van der Waals surface area contributed by atoms with Crippen LogP contribution in [0, 0.1) is 0 Å². The average molecular weight is 342 g/mol. The van der Waals surface area contributed by atoms with Crippen LogP contribution in [0.15, 0.2) is 0 Å². The average Bonchev–Trinajstić information content (AvgIpc) is 2.55. The summed E-state index contributed by atoms with van der Waals surface area (Å²) in [6, 6.07) is 0. The molecule has 2 heterocycles. The van der Waals surface area contributed by atoms with Gasteiger partial charge < -0.3 is 55.1 Å². The SMILES string of the molecule is OCC1O[C@H](O[C@@H]2C(CO)O[C@@H](O)C(O)[C@H]2O)[C@@H](O)C(O)[C@@H]1O. The van der Waals surface area contributed by atoms with Crippen molar-refractivity contribution < 1.29 is 55.1 Å². The van der Waals surface area contributed by atoms with Crippen LogP contribution in [0.4, 0.5) is 0 Å². The smallest absolute Gasteiger partial charge is 0.187 e. The minimum atomic E-state index is -1.74. The van der Waals surface area contributed by atoms with Crippen molar-refractivity contribution in [1.29, 1.82) is 0 Å². The van der Waals surface area contributed by atoms with E-state index in [1.54, 1.807) is 0 Å². The molecule has 8 N–H and O–H groups in total. The Morgan fingerprint density at radius 1 is 0.652 bits per heavy atom. The Labute approximate surface area is 130 Å². The first-order valence-corrected chi connectivity index (χ1v) is 7.08. The summed E-state index contributed by atoms with van der Waals surface area (Å²) >= 11 is 0. The van der Waals surface area contributed by atoms with Crippen molar-refractivity contribution in [3.8, 4) is 0 Å². The van der Waals surface area contributed by atoms with Gasteiger partial charge >= 0.3 is 0 Å². The summed E-state index contributed by atoms with van der Waals surface area (Å²) in [5, 5.41) is 76.5. The maximum atomic E-state index is 9.94. The van der Waals surface area contributed by atoms with Crippen LogP contribution in [0.3, 0.4) is 0 Å². The molecular weight excluding hydrogens is 320 g/mol. The molecule has 2 saturated heterocycles. The first kappa shape index (κ1) is 18.9. The topological polar surface area (TPSA) is 190 Å². The predicted octanol–water partition coefficient (Wildman–Crippen LogP) is -5.40. The lowest BCUT2D eigenvalue weighted by Crippen LogP contribution is -2.64. The molecule has 0 amide bonds. The fourth-order valence-corrected chi connectivity index (χ4v) is 2.57. The van der Waals surface area contributed by atoms with Gasteiger partial charge in [0.25, 0.3) is 0 Å². The Balaban J connectivity index is 2.11. The van der Waals surface area contributed by atoms with Gasteiger partial charge in [-0.05, 0) is 0 Å². The maximum Gasteiger partial charge on any atom is 0.187 e. The van der Waals surface area contributed by atoms with Gasteiger partial charge in [0.1, 0.15) is 48.8 Å². The molecule has 2 rings (SSSR count). The Hall–Kier alpha value is -0.440. The van der Waals surface area contributed by atoms with E-state index in [1.165, 1.54) is 0 Å². The van der Waals surface area contributed by atoms with Crippen molar-refractivity contribution in [2.75, 3.05) is 13.2 Å². The Morgan fingerprint density at radius 3 is 1.83 bits per heavy atom. The molecule has 4 unspecified atom stereocenters. The van der Waals surface area contributed by atoms with Crippen LogP contribution < -0.4 is 0 Å². The minimum Gasteiger partial charge on any atom is -0.394 e. The van der Waals surface area contributed by atoms with Crippen molar-refractivity contribution in [3.05, 3.63) is 0 Å². The first-order chi connectivity index (χ1) is 10.8. The molecule has 0 aromatic rings. The third kappa shape index (κ3) is 3.65. The van der Waals surface area contributed by atoms with Crippen molar-refractivity contribution >= 4 is 0 Å². The Kier molecular flexibility index (Phi) is 6.27. The van der Waals surface area contributed by atoms with Gasteiger partial charge in [0.15, 0.2) is 12.6 Å². The summed E-state index contributed by atoms with van der Waals surface area (Å²) in [7, 11) is 0. The molecule has 11 heteroatoms. The summed E-state index contributed by atoms with van der Waals surface area (Å²) < 4.78 is 15.3. The molecule has 23 heavy (non-hydrogen) atoms. The quantitative estimate of drug-likeness (QED) is 0.243. The maximum absolute atomic E-state index is 9.94. The van der Waals surface area contributed by atoms with Gasteiger partial charge in [-0.1, -0.05) is 0 Å². The van der Waals surface area contributed by atoms with E-state index in [-0.39, 0.29) is 0 Å². The van der Waals surface area contributed by atoms with Crippen LogP contribution in [-0.2, 0) is 14.2 Å². The second-order valence-corrected chi connectivity index (χ2v) is 5.53. The molecule has 0 radical (unpaired) electrons. The van der Waals surface area contributed by atoms with Gasteiger partial charge in [-0.2, -0.15) is 0 Å². The summed E-state index contributed by atoms with van der Waals surface area (Å²) in [5.41, 5.74) is 0. The number of rotatable bonds is 4. The molecule has 10 atom stereocenters. The van der Waals surface area contributed by atoms with Crippen molar-refractivity contribution in [1.82, 2.24) is 0 Å². The molecule has 0 saturated carbocycles. The van der Waals surface area contributed by atoms with E-state index in [0.29, 0.717) is 0 Å². The van der Waals surface area contributed by atoms with E-state index in [1.807, 2.05) is 0 Å². The molecule has 136 valence electrons. The van der Waals surface area contributed by atoms with Gasteiger partial charge in [0.2, 0.25) is 0 Å². The van der Waals surface area contributed by atoms with Crippen LogP contribution >= 0.6 is 0 Å². The Bertz CT molecular complexity index is 378. The van der Waals surface area contributed by atoms with Crippen molar-refractivity contribution in [3.63, 3.8) is 0 Å². The summed E-state index contributed by atoms with van der Waals surface area (Å²) in [6.45, 7) is -1.35. The fourth-order valence-electron chi connectivity index (χ4n) is 2.57. The molecule has 2 aliphatic heterocycles. The number of hydrogen-bond donors (Lipinski definition) is 8. The van der Waals surface area contributed by atoms with Gasteiger partial charge in [-0.15, -0.1) is 0 Å². The highest BCUT2D eigenvalue weighted by molar-refractivity contribution is 4.93. The Morgan fingerprint density at radius 2 is 1.26 bits per heavy atom. The lowest BCUT2D eigenvalue weighted by molar-refractivity contribution is -0.355. The van der Waals surface area contributed by atoms with Crippen LogP contribution in [0.25, 0.3) is 0 Å². The zero-order valence-corrected chi connectivity index (χ0v) is 12.0. The number of hydrogen-bond acceptors (Lipinski definition) is 11. The molecule has 0 aliphatic carbocycles. The molecule has 2 aliphatic rings. The molecular formula is C12H22O11. The highest BCUT2D eigenvalue weighted by atomic mass is 16.7. The molecule has 0 aromatic carbocycles. The fraction of sp³-hybridized carbons (Fsp3) is 1.00. The summed E-state index contributed by atoms with van der Waals surface area (Å²) in [6.07, 6.45) is -15.6. The summed E-state index contributed by atoms with van der Waals surface area (Å²) in [4.78, 5) is 0. The van der Waals surface area contributed by atoms with E-state index >= 15 is 0 Å². The first-order valence-electron chi connectivity index (χ1n) is 7.08. The third-order valence-corrected chi connectivity index (χ3v) is 3.98. The number of aliphatic hydroxyl groups is 8. The number of aliphatic hydroxyl groups excluding tert-OH is 8. The lowest BCUT2D eigenvalue weighted by atomic mass is 9.97. The van der Waals surface area contributed by atoms with Crippen LogP contribution in [0.5, 0.6) is 0 Å². The van der Waals surface area contributed by atoms with E-state index in [2.05, 4.69) is 0 Å². The molecule has 0 bridgehead atoms. The van der Waals surface area contributed by atoms with Gasteiger partial charge in [0.05, 0.1) is 13.2 Å². The zero-order valence-electron chi connectivity index (χ0n) is 12.0. The monoisotopic (exact) mass is 342 g/mol. The van der Waals surface area contributed by atoms with E-state index < -0.39 is 74.6 Å². The van der Waals surface area contributed by atoms with Crippen LogP contribution in [-0.4, -0.2) is 115 Å². The van der Waals surface area contributed by atoms with Gasteiger partial charge in [-0.25, -0.2) is 0 Å². The normalized spacial score (nSPS) is 51.7. The third-order valence-electron chi connectivity index (χ3n) is 3.98. The van der Waals surface area contributed by atoms with Gasteiger partial charge in [-0.3, -0.25) is 0 Å². The highest BCUT2D eigenvalue weighted by Crippen LogP contribution is 2.28. The second-order valence-electron chi connectivity index (χ2n) is 5.53. The van der Waals surface area contributed by atoms with Crippen molar-refractivity contribution in [2.45, 2.75) is 61.4 Å². The second kappa shape index (κ2) is 7.63. The van der Waals surface area contributed by atoms with E-state index in [0.717, 1.165) is 0 Å². The number of ether oxygens (including phenoxy) is 3. The molecule has 0 spiro atoms. The van der Waals surface area contributed by atoms with E-state index in [4.69, 9.17) is 19.3 Å². The summed E-state index contributed by atoms with van der Waals surface area (Å²) in [5.74, 6) is 0. The molecule has 11 nitrogen and oxygen atoms in total. The lowest BCUT2D eigenvalue weighted by Gasteiger charge is -2.45. The van der Waals surface area contributed by atoms with Crippen molar-refractivity contribution in [2.24, 2.45) is 0 Å².